The molecular weight excluding hydrogens is 595 g/mol. The fourth-order valence-electron chi connectivity index (χ4n) is 5.58. The monoisotopic (exact) mass is 624 g/mol. The van der Waals surface area contributed by atoms with Crippen LogP contribution in [0.4, 0.5) is 11.5 Å². The zero-order chi connectivity index (χ0) is 29.5. The number of aromatic nitrogens is 3. The van der Waals surface area contributed by atoms with Gasteiger partial charge in [-0.3, -0.25) is 4.79 Å². The number of hydrogen-bond donors (Lipinski definition) is 1. The third-order valence-corrected chi connectivity index (χ3v) is 9.92. The van der Waals surface area contributed by atoms with Gasteiger partial charge in [0.25, 0.3) is 0 Å². The van der Waals surface area contributed by atoms with E-state index in [1.165, 1.54) is 6.20 Å². The van der Waals surface area contributed by atoms with E-state index in [1.54, 1.807) is 34.8 Å². The maximum atomic E-state index is 13.3. The molecule has 2 fully saturated rings. The summed E-state index contributed by atoms with van der Waals surface area (Å²) < 4.78 is 1.73. The average Bonchev–Trinajstić information content (AvgIpc) is 3.40. The number of halogens is 2. The molecule has 12 heteroatoms. The van der Waals surface area contributed by atoms with Gasteiger partial charge in [-0.2, -0.15) is 0 Å². The first-order valence-corrected chi connectivity index (χ1v) is 15.5. The van der Waals surface area contributed by atoms with Crippen LogP contribution >= 0.6 is 35.0 Å². The van der Waals surface area contributed by atoms with Crippen LogP contribution in [0.5, 0.6) is 0 Å². The van der Waals surface area contributed by atoms with E-state index in [2.05, 4.69) is 38.8 Å². The Morgan fingerprint density at radius 3 is 2.64 bits per heavy atom. The molecule has 42 heavy (non-hydrogen) atoms. The van der Waals surface area contributed by atoms with E-state index in [9.17, 15) is 14.7 Å². The number of carboxylic acids is 1. The standard InChI is InChI=1S/C30H30Cl2N6O3S/c1-35(2)20-14-36(15-20)27-8-7-18(13-34-27)38-16-22(30(40)41)28(39)21-11-24(32)26(12-25(21)38)37-10-4-5-19(37)17-42-29-23(31)6-3-9-33-29/h3,6-9,11-13,16,19-20H,4-5,10,14-15,17H2,1-2H3,(H,40,41)/t19-/m1/s1. The fraction of sp³-hybridized carbons (Fsp3) is 0.333. The SMILES string of the molecule is CN(C)C1CN(c2ccc(-n3cc(C(=O)O)c(=O)c4cc(Cl)c(N5CCC[C@@H]5CSc5ncccc5Cl)cc43)cn2)C1. The maximum Gasteiger partial charge on any atom is 0.341 e. The number of nitrogens with zero attached hydrogens (tertiary/aromatic N) is 6. The molecular formula is C30H30Cl2N6O3S. The Hall–Kier alpha value is -3.31. The molecule has 0 spiro atoms. The van der Waals surface area contributed by atoms with Crippen molar-refractivity contribution in [2.24, 2.45) is 0 Å². The Morgan fingerprint density at radius 1 is 1.14 bits per heavy atom. The van der Waals surface area contributed by atoms with Gasteiger partial charge in [0.15, 0.2) is 0 Å². The Morgan fingerprint density at radius 2 is 1.95 bits per heavy atom. The molecule has 1 N–H and O–H groups in total. The number of hydrogen-bond acceptors (Lipinski definition) is 8. The molecule has 1 aromatic carbocycles. The van der Waals surface area contributed by atoms with Crippen molar-refractivity contribution in [3.05, 3.63) is 80.8 Å². The van der Waals surface area contributed by atoms with E-state index < -0.39 is 11.4 Å². The lowest BCUT2D eigenvalue weighted by Gasteiger charge is -2.43. The molecule has 2 aliphatic rings. The molecule has 4 aromatic rings. The van der Waals surface area contributed by atoms with Crippen LogP contribution in [0.15, 0.2) is 64.8 Å². The second-order valence-corrected chi connectivity index (χ2v) is 12.7. The molecule has 3 aromatic heterocycles. The van der Waals surface area contributed by atoms with E-state index in [0.717, 1.165) is 54.8 Å². The lowest BCUT2D eigenvalue weighted by atomic mass is 10.1. The zero-order valence-electron chi connectivity index (χ0n) is 23.2. The third-order valence-electron chi connectivity index (χ3n) is 8.05. The molecule has 0 saturated carbocycles. The molecule has 0 bridgehead atoms. The van der Waals surface area contributed by atoms with Crippen LogP contribution in [0.2, 0.25) is 10.0 Å². The number of anilines is 2. The van der Waals surface area contributed by atoms with E-state index in [-0.39, 0.29) is 17.0 Å². The Bertz CT molecular complexity index is 1710. The van der Waals surface area contributed by atoms with Gasteiger partial charge in [-0.25, -0.2) is 14.8 Å². The Kier molecular flexibility index (Phi) is 8.06. The lowest BCUT2D eigenvalue weighted by Crippen LogP contribution is -2.57. The average molecular weight is 626 g/mol. The van der Waals surface area contributed by atoms with Crippen LogP contribution in [-0.2, 0) is 0 Å². The van der Waals surface area contributed by atoms with E-state index in [4.69, 9.17) is 23.2 Å². The first kappa shape index (κ1) is 28.8. The number of thioether (sulfide) groups is 1. The van der Waals surface area contributed by atoms with Crippen molar-refractivity contribution in [3.8, 4) is 5.69 Å². The highest BCUT2D eigenvalue weighted by Crippen LogP contribution is 2.37. The van der Waals surface area contributed by atoms with Gasteiger partial charge < -0.3 is 24.4 Å². The number of aromatic carboxylic acids is 1. The lowest BCUT2D eigenvalue weighted by molar-refractivity contribution is 0.0695. The summed E-state index contributed by atoms with van der Waals surface area (Å²) in [5, 5.41) is 11.9. The van der Waals surface area contributed by atoms with Gasteiger partial charge in [0.1, 0.15) is 16.4 Å². The maximum absolute atomic E-state index is 13.3. The van der Waals surface area contributed by atoms with Crippen LogP contribution < -0.4 is 15.2 Å². The van der Waals surface area contributed by atoms with Crippen LogP contribution in [0.3, 0.4) is 0 Å². The van der Waals surface area contributed by atoms with Crippen molar-refractivity contribution >= 4 is 63.3 Å². The van der Waals surface area contributed by atoms with Crippen molar-refractivity contribution < 1.29 is 9.90 Å². The van der Waals surface area contributed by atoms with Gasteiger partial charge in [0.05, 0.1) is 33.1 Å². The van der Waals surface area contributed by atoms with Gasteiger partial charge in [-0.1, -0.05) is 23.2 Å². The van der Waals surface area contributed by atoms with Gasteiger partial charge in [-0.05, 0) is 63.3 Å². The molecule has 2 saturated heterocycles. The summed E-state index contributed by atoms with van der Waals surface area (Å²) in [6.07, 6.45) is 6.81. The Balaban J connectivity index is 1.36. The smallest absolute Gasteiger partial charge is 0.341 e. The molecule has 1 atom stereocenters. The highest BCUT2D eigenvalue weighted by Gasteiger charge is 2.30. The quantitative estimate of drug-likeness (QED) is 0.262. The number of likely N-dealkylation sites (N-methyl/N-ethyl adjacent to an activating group) is 1. The summed E-state index contributed by atoms with van der Waals surface area (Å²) in [6, 6.07) is 11.6. The third kappa shape index (κ3) is 5.44. The predicted octanol–water partition coefficient (Wildman–Crippen LogP) is 5.30. The zero-order valence-corrected chi connectivity index (χ0v) is 25.5. The van der Waals surface area contributed by atoms with Gasteiger partial charge in [-0.15, -0.1) is 11.8 Å². The summed E-state index contributed by atoms with van der Waals surface area (Å²) in [7, 11) is 4.14. The second kappa shape index (κ2) is 11.8. The van der Waals surface area contributed by atoms with Gasteiger partial charge in [0.2, 0.25) is 5.43 Å². The molecule has 2 aliphatic heterocycles. The highest BCUT2D eigenvalue weighted by atomic mass is 35.5. The Labute approximate surface area is 257 Å². The fourth-order valence-corrected chi connectivity index (χ4v) is 7.17. The number of fused-ring (bicyclic) bond motifs is 1. The number of carboxylic acid groups (broad SMARTS) is 1. The summed E-state index contributed by atoms with van der Waals surface area (Å²) in [5.74, 6) is 0.335. The van der Waals surface area contributed by atoms with Crippen LogP contribution in [-0.4, -0.2) is 82.1 Å². The number of rotatable bonds is 8. The van der Waals surface area contributed by atoms with Crippen molar-refractivity contribution in [1.82, 2.24) is 19.4 Å². The number of pyridine rings is 3. The highest BCUT2D eigenvalue weighted by molar-refractivity contribution is 7.99. The first-order chi connectivity index (χ1) is 20.2. The van der Waals surface area contributed by atoms with Gasteiger partial charge >= 0.3 is 5.97 Å². The van der Waals surface area contributed by atoms with E-state index >= 15 is 0 Å². The molecule has 5 heterocycles. The predicted molar refractivity (Wildman–Crippen MR) is 169 cm³/mol. The summed E-state index contributed by atoms with van der Waals surface area (Å²) in [4.78, 5) is 41.0. The summed E-state index contributed by atoms with van der Waals surface area (Å²) in [6.45, 7) is 2.60. The molecule has 6 rings (SSSR count). The second-order valence-electron chi connectivity index (χ2n) is 10.9. The van der Waals surface area contributed by atoms with Crippen LogP contribution in [0.1, 0.15) is 23.2 Å². The topological polar surface area (TPSA) is 94.8 Å². The molecule has 218 valence electrons. The number of carbonyl (C=O) groups is 1. The molecule has 0 amide bonds. The normalized spacial score (nSPS) is 17.3. The largest absolute Gasteiger partial charge is 0.477 e. The minimum Gasteiger partial charge on any atom is -0.477 e. The molecule has 0 unspecified atom stereocenters. The minimum absolute atomic E-state index is 0.185. The van der Waals surface area contributed by atoms with Crippen molar-refractivity contribution in [2.45, 2.75) is 30.0 Å². The van der Waals surface area contributed by atoms with Crippen molar-refractivity contribution in [1.29, 1.82) is 0 Å². The summed E-state index contributed by atoms with van der Waals surface area (Å²) in [5.41, 5.74) is 1.13. The van der Waals surface area contributed by atoms with Crippen molar-refractivity contribution in [3.63, 3.8) is 0 Å². The molecule has 0 radical (unpaired) electrons. The first-order valence-electron chi connectivity index (χ1n) is 13.7. The van der Waals surface area contributed by atoms with Gasteiger partial charge in [0, 0.05) is 55.3 Å². The van der Waals surface area contributed by atoms with Crippen LogP contribution in [0, 0.1) is 0 Å². The summed E-state index contributed by atoms with van der Waals surface area (Å²) >= 11 is 14.7. The van der Waals surface area contributed by atoms with E-state index in [1.807, 2.05) is 30.3 Å². The number of benzene rings is 1. The molecule has 9 nitrogen and oxygen atoms in total. The van der Waals surface area contributed by atoms with Crippen LogP contribution in [0.25, 0.3) is 16.6 Å². The van der Waals surface area contributed by atoms with Crippen molar-refractivity contribution in [2.75, 3.05) is 49.3 Å². The minimum atomic E-state index is -1.29. The molecule has 0 aliphatic carbocycles. The van der Waals surface area contributed by atoms with E-state index in [0.29, 0.717) is 27.3 Å².